The van der Waals surface area contributed by atoms with Crippen LogP contribution in [0.3, 0.4) is 0 Å². The topological polar surface area (TPSA) is 0 Å². The molecule has 0 amide bonds. The second-order valence-corrected chi connectivity index (χ2v) is 6.82. The molecule has 0 radical (unpaired) electrons. The van der Waals surface area contributed by atoms with E-state index < -0.39 is 0 Å². The van der Waals surface area contributed by atoms with Gasteiger partial charge in [0.25, 0.3) is 0 Å². The van der Waals surface area contributed by atoms with Gasteiger partial charge in [-0.05, 0) is 59.5 Å². The molecule has 0 N–H and O–H groups in total. The van der Waals surface area contributed by atoms with Crippen molar-refractivity contribution >= 4 is 23.0 Å². The summed E-state index contributed by atoms with van der Waals surface area (Å²) < 4.78 is 0. The highest BCUT2D eigenvalue weighted by Gasteiger charge is 2.18. The second kappa shape index (κ2) is 5.58. The number of rotatable bonds is 1. The summed E-state index contributed by atoms with van der Waals surface area (Å²) in [6.45, 7) is 2.15. The first-order valence-electron chi connectivity index (χ1n) is 7.75. The van der Waals surface area contributed by atoms with E-state index in [9.17, 15) is 0 Å². The molecule has 1 aliphatic rings. The van der Waals surface area contributed by atoms with Crippen molar-refractivity contribution in [2.75, 3.05) is 0 Å². The van der Waals surface area contributed by atoms with Crippen LogP contribution in [0.4, 0.5) is 0 Å². The van der Waals surface area contributed by atoms with E-state index in [1.165, 1.54) is 38.3 Å². The fraction of sp³-hybridized carbons (Fsp3) is 0.143. The maximum atomic E-state index is 2.35. The van der Waals surface area contributed by atoms with Crippen molar-refractivity contribution in [3.63, 3.8) is 0 Å². The van der Waals surface area contributed by atoms with Crippen molar-refractivity contribution in [3.05, 3.63) is 92.7 Å². The molecule has 1 aliphatic carbocycles. The van der Waals surface area contributed by atoms with Gasteiger partial charge in [0, 0.05) is 10.5 Å². The number of hydrogen-bond donors (Lipinski definition) is 0. The molecule has 2 aromatic carbocycles. The summed E-state index contributed by atoms with van der Waals surface area (Å²) in [4.78, 5) is 1.44. The van der Waals surface area contributed by atoms with Gasteiger partial charge in [-0.3, -0.25) is 0 Å². The van der Waals surface area contributed by atoms with E-state index in [0.29, 0.717) is 0 Å². The zero-order chi connectivity index (χ0) is 14.9. The van der Waals surface area contributed by atoms with Crippen molar-refractivity contribution < 1.29 is 0 Å². The molecular weight excluding hydrogens is 284 g/mol. The van der Waals surface area contributed by atoms with E-state index in [-0.39, 0.29) is 0 Å². The van der Waals surface area contributed by atoms with Crippen LogP contribution in [0.5, 0.6) is 0 Å². The minimum absolute atomic E-state index is 1.13. The van der Waals surface area contributed by atoms with E-state index in [1.54, 1.807) is 0 Å². The average molecular weight is 302 g/mol. The van der Waals surface area contributed by atoms with Crippen molar-refractivity contribution in [2.45, 2.75) is 19.8 Å². The molecular formula is C21H18S. The maximum absolute atomic E-state index is 2.35. The van der Waals surface area contributed by atoms with E-state index in [2.05, 4.69) is 73.0 Å². The Bertz CT molecular complexity index is 852. The van der Waals surface area contributed by atoms with Gasteiger partial charge >= 0.3 is 0 Å². The predicted octanol–water partition coefficient (Wildman–Crippen LogP) is 5.74. The zero-order valence-corrected chi connectivity index (χ0v) is 13.5. The van der Waals surface area contributed by atoms with Crippen LogP contribution in [0.25, 0.3) is 11.6 Å². The average Bonchev–Trinajstić information content (AvgIpc) is 2.94. The lowest BCUT2D eigenvalue weighted by Crippen LogP contribution is -1.91. The van der Waals surface area contributed by atoms with Crippen LogP contribution in [0.1, 0.15) is 32.7 Å². The summed E-state index contributed by atoms with van der Waals surface area (Å²) in [5.74, 6) is 0. The second-order valence-electron chi connectivity index (χ2n) is 5.90. The van der Waals surface area contributed by atoms with E-state index in [4.69, 9.17) is 0 Å². The molecule has 0 saturated carbocycles. The van der Waals surface area contributed by atoms with Crippen LogP contribution in [-0.4, -0.2) is 0 Å². The highest BCUT2D eigenvalue weighted by molar-refractivity contribution is 7.11. The van der Waals surface area contributed by atoms with Crippen molar-refractivity contribution in [1.82, 2.24) is 0 Å². The molecule has 108 valence electrons. The van der Waals surface area contributed by atoms with Gasteiger partial charge in [-0.25, -0.2) is 0 Å². The van der Waals surface area contributed by atoms with Gasteiger partial charge in [0.1, 0.15) is 0 Å². The molecule has 0 nitrogen and oxygen atoms in total. The summed E-state index contributed by atoms with van der Waals surface area (Å²) >= 11 is 1.87. The largest absolute Gasteiger partial charge is 0.144 e. The normalized spacial score (nSPS) is 15.2. The molecule has 0 fully saturated rings. The van der Waals surface area contributed by atoms with Gasteiger partial charge in [-0.1, -0.05) is 54.1 Å². The van der Waals surface area contributed by atoms with Crippen LogP contribution < -0.4 is 0 Å². The van der Waals surface area contributed by atoms with Gasteiger partial charge in [-0.2, -0.15) is 0 Å². The quantitative estimate of drug-likeness (QED) is 0.537. The molecule has 3 aromatic rings. The predicted molar refractivity (Wildman–Crippen MR) is 96.3 cm³/mol. The van der Waals surface area contributed by atoms with Crippen LogP contribution >= 0.6 is 11.3 Å². The Morgan fingerprint density at radius 2 is 1.77 bits per heavy atom. The zero-order valence-electron chi connectivity index (χ0n) is 12.7. The highest BCUT2D eigenvalue weighted by Crippen LogP contribution is 2.37. The molecule has 1 heteroatoms. The molecule has 0 spiro atoms. The SMILES string of the molecule is Cc1cccc(/C=C2\c3ccccc3CCc3ccsc32)c1. The Morgan fingerprint density at radius 1 is 0.909 bits per heavy atom. The summed E-state index contributed by atoms with van der Waals surface area (Å²) in [6.07, 6.45) is 4.62. The van der Waals surface area contributed by atoms with Gasteiger partial charge in [0.05, 0.1) is 0 Å². The lowest BCUT2D eigenvalue weighted by molar-refractivity contribution is 0.970. The Morgan fingerprint density at radius 3 is 2.68 bits per heavy atom. The molecule has 0 saturated heterocycles. The highest BCUT2D eigenvalue weighted by atomic mass is 32.1. The van der Waals surface area contributed by atoms with E-state index >= 15 is 0 Å². The fourth-order valence-corrected chi connectivity index (χ4v) is 4.22. The van der Waals surface area contributed by atoms with E-state index in [0.717, 1.165) is 12.8 Å². The molecule has 1 aromatic heterocycles. The Balaban J connectivity index is 1.95. The third-order valence-electron chi connectivity index (χ3n) is 4.32. The number of thiophene rings is 1. The van der Waals surface area contributed by atoms with Gasteiger partial charge < -0.3 is 0 Å². The standard InChI is InChI=1S/C21H18S/c1-15-5-4-6-16(13-15)14-20-19-8-3-2-7-17(19)9-10-18-11-12-22-21(18)20/h2-8,11-14H,9-10H2,1H3/b20-14+. The van der Waals surface area contributed by atoms with Crippen molar-refractivity contribution in [2.24, 2.45) is 0 Å². The van der Waals surface area contributed by atoms with Crippen LogP contribution in [0.15, 0.2) is 60.0 Å². The van der Waals surface area contributed by atoms with E-state index in [1.807, 2.05) is 11.3 Å². The van der Waals surface area contributed by atoms with Gasteiger partial charge in [-0.15, -0.1) is 11.3 Å². The summed E-state index contributed by atoms with van der Waals surface area (Å²) in [5, 5.41) is 2.22. The third-order valence-corrected chi connectivity index (χ3v) is 5.31. The maximum Gasteiger partial charge on any atom is 0.0381 e. The molecule has 0 aliphatic heterocycles. The smallest absolute Gasteiger partial charge is 0.0381 e. The van der Waals surface area contributed by atoms with Crippen LogP contribution in [-0.2, 0) is 12.8 Å². The molecule has 0 bridgehead atoms. The fourth-order valence-electron chi connectivity index (χ4n) is 3.23. The molecule has 1 heterocycles. The van der Waals surface area contributed by atoms with Crippen LogP contribution in [0.2, 0.25) is 0 Å². The first kappa shape index (κ1) is 13.5. The first-order chi connectivity index (χ1) is 10.8. The van der Waals surface area contributed by atoms with Gasteiger partial charge in [0.15, 0.2) is 0 Å². The number of fused-ring (bicyclic) bond motifs is 2. The van der Waals surface area contributed by atoms with Crippen LogP contribution in [0, 0.1) is 6.92 Å². The Hall–Kier alpha value is -2.12. The minimum atomic E-state index is 1.13. The number of aryl methyl sites for hydroxylation is 3. The van der Waals surface area contributed by atoms with Crippen molar-refractivity contribution in [3.8, 4) is 0 Å². The minimum Gasteiger partial charge on any atom is -0.144 e. The third kappa shape index (κ3) is 2.42. The monoisotopic (exact) mass is 302 g/mol. The summed E-state index contributed by atoms with van der Waals surface area (Å²) in [7, 11) is 0. The number of hydrogen-bond acceptors (Lipinski definition) is 1. The molecule has 4 rings (SSSR count). The first-order valence-corrected chi connectivity index (χ1v) is 8.62. The summed E-state index contributed by atoms with van der Waals surface area (Å²) in [6, 6.07) is 19.9. The lowest BCUT2D eigenvalue weighted by Gasteiger charge is -2.10. The van der Waals surface area contributed by atoms with Gasteiger partial charge in [0.2, 0.25) is 0 Å². The Kier molecular flexibility index (Phi) is 3.44. The molecule has 0 atom stereocenters. The van der Waals surface area contributed by atoms with Crippen molar-refractivity contribution in [1.29, 1.82) is 0 Å². The lowest BCUT2D eigenvalue weighted by atomic mass is 9.97. The Labute approximate surface area is 135 Å². The molecule has 22 heavy (non-hydrogen) atoms. The number of benzene rings is 2. The summed E-state index contributed by atoms with van der Waals surface area (Å²) in [5.41, 5.74) is 8.31. The molecule has 0 unspecified atom stereocenters.